The molecule has 0 bridgehead atoms. The summed E-state index contributed by atoms with van der Waals surface area (Å²) >= 11 is 0. The van der Waals surface area contributed by atoms with Crippen molar-refractivity contribution in [3.05, 3.63) is 35.9 Å². The molecule has 0 aliphatic carbocycles. The number of ketones is 1. The first kappa shape index (κ1) is 11.8. The molecule has 0 saturated heterocycles. The van der Waals surface area contributed by atoms with E-state index in [-0.39, 0.29) is 0 Å². The molecular formula is C11H14O4. The molecule has 4 nitrogen and oxygen atoms in total. The molecule has 1 aromatic rings. The minimum absolute atomic E-state index is 0.370. The van der Waals surface area contributed by atoms with Crippen LogP contribution in [-0.2, 0) is 0 Å². The molecule has 0 aliphatic rings. The Bertz CT molecular complexity index is 308. The van der Waals surface area contributed by atoms with Crippen molar-refractivity contribution < 1.29 is 20.1 Å². The second-order valence-corrected chi connectivity index (χ2v) is 3.45. The zero-order valence-electron chi connectivity index (χ0n) is 8.26. The number of aliphatic hydroxyl groups excluding tert-OH is 3. The van der Waals surface area contributed by atoms with Gasteiger partial charge in [-0.1, -0.05) is 30.3 Å². The monoisotopic (exact) mass is 210 g/mol. The van der Waals surface area contributed by atoms with Gasteiger partial charge >= 0.3 is 0 Å². The lowest BCUT2D eigenvalue weighted by atomic mass is 9.82. The quantitative estimate of drug-likeness (QED) is 0.590. The van der Waals surface area contributed by atoms with Crippen LogP contribution < -0.4 is 0 Å². The molecule has 1 rings (SSSR count). The third-order valence-electron chi connectivity index (χ3n) is 2.43. The van der Waals surface area contributed by atoms with E-state index in [1.807, 2.05) is 0 Å². The van der Waals surface area contributed by atoms with Gasteiger partial charge in [-0.3, -0.25) is 4.79 Å². The van der Waals surface area contributed by atoms with Gasteiger partial charge in [0.05, 0.1) is 19.8 Å². The lowest BCUT2D eigenvalue weighted by Gasteiger charge is -2.25. The van der Waals surface area contributed by atoms with Gasteiger partial charge in [-0.2, -0.15) is 0 Å². The Kier molecular flexibility index (Phi) is 3.96. The number of rotatable bonds is 5. The number of benzene rings is 1. The maximum Gasteiger partial charge on any atom is 0.175 e. The van der Waals surface area contributed by atoms with Gasteiger partial charge in [-0.05, 0) is 0 Å². The minimum atomic E-state index is -1.48. The van der Waals surface area contributed by atoms with Gasteiger partial charge in [-0.25, -0.2) is 0 Å². The van der Waals surface area contributed by atoms with Gasteiger partial charge in [0, 0.05) is 5.56 Å². The van der Waals surface area contributed by atoms with Crippen molar-refractivity contribution >= 4 is 5.78 Å². The Labute approximate surface area is 87.8 Å². The van der Waals surface area contributed by atoms with Crippen molar-refractivity contribution in [2.24, 2.45) is 5.41 Å². The van der Waals surface area contributed by atoms with Gasteiger partial charge in [-0.15, -0.1) is 0 Å². The largest absolute Gasteiger partial charge is 0.395 e. The van der Waals surface area contributed by atoms with Crippen molar-refractivity contribution in [2.75, 3.05) is 19.8 Å². The average Bonchev–Trinajstić information content (AvgIpc) is 2.33. The molecule has 0 aliphatic heterocycles. The molecule has 0 unspecified atom stereocenters. The van der Waals surface area contributed by atoms with E-state index in [9.17, 15) is 4.79 Å². The normalized spacial score (nSPS) is 11.4. The van der Waals surface area contributed by atoms with Crippen LogP contribution in [0.3, 0.4) is 0 Å². The summed E-state index contributed by atoms with van der Waals surface area (Å²) in [4.78, 5) is 11.9. The number of hydrogen-bond acceptors (Lipinski definition) is 4. The van der Waals surface area contributed by atoms with Gasteiger partial charge < -0.3 is 15.3 Å². The first-order valence-electron chi connectivity index (χ1n) is 4.62. The van der Waals surface area contributed by atoms with Crippen molar-refractivity contribution in [1.82, 2.24) is 0 Å². The molecule has 0 fully saturated rings. The first-order valence-corrected chi connectivity index (χ1v) is 4.62. The third kappa shape index (κ3) is 2.23. The summed E-state index contributed by atoms with van der Waals surface area (Å²) in [5, 5.41) is 27.2. The highest BCUT2D eigenvalue weighted by atomic mass is 16.3. The number of carbonyl (C=O) groups is 1. The number of Topliss-reactive ketones (excluding diaryl/α,β-unsaturated/α-hetero) is 1. The molecule has 0 saturated carbocycles. The lowest BCUT2D eigenvalue weighted by Crippen LogP contribution is -2.42. The Hall–Kier alpha value is -1.23. The second-order valence-electron chi connectivity index (χ2n) is 3.45. The van der Waals surface area contributed by atoms with E-state index in [1.165, 1.54) is 0 Å². The van der Waals surface area contributed by atoms with Gasteiger partial charge in [0.25, 0.3) is 0 Å². The zero-order valence-corrected chi connectivity index (χ0v) is 8.26. The van der Waals surface area contributed by atoms with E-state index in [2.05, 4.69) is 0 Å². The van der Waals surface area contributed by atoms with Crippen LogP contribution in [0.5, 0.6) is 0 Å². The number of carbonyl (C=O) groups excluding carboxylic acids is 1. The molecule has 4 heteroatoms. The minimum Gasteiger partial charge on any atom is -0.395 e. The first-order chi connectivity index (χ1) is 7.20. The van der Waals surface area contributed by atoms with E-state index in [1.54, 1.807) is 30.3 Å². The van der Waals surface area contributed by atoms with Crippen molar-refractivity contribution in [1.29, 1.82) is 0 Å². The van der Waals surface area contributed by atoms with Crippen LogP contribution in [0.15, 0.2) is 30.3 Å². The van der Waals surface area contributed by atoms with Crippen LogP contribution in [0.1, 0.15) is 10.4 Å². The topological polar surface area (TPSA) is 77.8 Å². The number of aliphatic hydroxyl groups is 3. The highest BCUT2D eigenvalue weighted by Crippen LogP contribution is 2.21. The van der Waals surface area contributed by atoms with Crippen LogP contribution in [0.4, 0.5) is 0 Å². The molecular weight excluding hydrogens is 196 g/mol. The summed E-state index contributed by atoms with van der Waals surface area (Å²) in [5.74, 6) is -0.449. The third-order valence-corrected chi connectivity index (χ3v) is 2.43. The summed E-state index contributed by atoms with van der Waals surface area (Å²) in [6.07, 6.45) is 0. The Balaban J connectivity index is 3.01. The molecule has 0 aromatic heterocycles. The predicted octanol–water partition coefficient (Wildman–Crippen LogP) is -0.167. The van der Waals surface area contributed by atoms with Crippen LogP contribution >= 0.6 is 0 Å². The summed E-state index contributed by atoms with van der Waals surface area (Å²) in [6, 6.07) is 8.29. The van der Waals surface area contributed by atoms with Crippen molar-refractivity contribution in [2.45, 2.75) is 0 Å². The fourth-order valence-electron chi connectivity index (χ4n) is 1.26. The Morgan fingerprint density at radius 2 is 1.47 bits per heavy atom. The highest BCUT2D eigenvalue weighted by molar-refractivity contribution is 6.00. The van der Waals surface area contributed by atoms with E-state index < -0.39 is 31.0 Å². The molecule has 15 heavy (non-hydrogen) atoms. The van der Waals surface area contributed by atoms with Gasteiger partial charge in [0.1, 0.15) is 5.41 Å². The fraction of sp³-hybridized carbons (Fsp3) is 0.364. The maximum atomic E-state index is 11.9. The highest BCUT2D eigenvalue weighted by Gasteiger charge is 2.37. The van der Waals surface area contributed by atoms with Crippen molar-refractivity contribution in [3.63, 3.8) is 0 Å². The smallest absolute Gasteiger partial charge is 0.175 e. The van der Waals surface area contributed by atoms with Gasteiger partial charge in [0.15, 0.2) is 5.78 Å². The summed E-state index contributed by atoms with van der Waals surface area (Å²) in [5.41, 5.74) is -1.11. The van der Waals surface area contributed by atoms with Crippen LogP contribution in [0, 0.1) is 5.41 Å². The maximum absolute atomic E-state index is 11.9. The lowest BCUT2D eigenvalue weighted by molar-refractivity contribution is 0.0127. The van der Waals surface area contributed by atoms with E-state index in [0.29, 0.717) is 5.56 Å². The second kappa shape index (κ2) is 5.02. The summed E-state index contributed by atoms with van der Waals surface area (Å²) < 4.78 is 0. The molecule has 0 heterocycles. The average molecular weight is 210 g/mol. The molecule has 0 amide bonds. The fourth-order valence-corrected chi connectivity index (χ4v) is 1.26. The van der Waals surface area contributed by atoms with E-state index in [0.717, 1.165) is 0 Å². The van der Waals surface area contributed by atoms with Gasteiger partial charge in [0.2, 0.25) is 0 Å². The van der Waals surface area contributed by atoms with Crippen LogP contribution in [-0.4, -0.2) is 40.9 Å². The molecule has 82 valence electrons. The van der Waals surface area contributed by atoms with Crippen molar-refractivity contribution in [3.8, 4) is 0 Å². The SMILES string of the molecule is O=C(c1ccccc1)C(CO)(CO)CO. The van der Waals surface area contributed by atoms with E-state index in [4.69, 9.17) is 15.3 Å². The molecule has 1 aromatic carbocycles. The molecule has 3 N–H and O–H groups in total. The zero-order chi connectivity index (χ0) is 11.3. The Morgan fingerprint density at radius 3 is 1.87 bits per heavy atom. The standard InChI is InChI=1S/C11H14O4/c12-6-11(7-13,8-14)10(15)9-4-2-1-3-5-9/h1-5,12-14H,6-8H2. The number of hydrogen-bond donors (Lipinski definition) is 3. The van der Waals surface area contributed by atoms with Crippen LogP contribution in [0.25, 0.3) is 0 Å². The van der Waals surface area contributed by atoms with Crippen LogP contribution in [0.2, 0.25) is 0 Å². The van der Waals surface area contributed by atoms with E-state index >= 15 is 0 Å². The summed E-state index contributed by atoms with van der Waals surface area (Å²) in [6.45, 7) is -1.73. The molecule has 0 radical (unpaired) electrons. The Morgan fingerprint density at radius 1 is 1.00 bits per heavy atom. The predicted molar refractivity (Wildman–Crippen MR) is 54.5 cm³/mol. The summed E-state index contributed by atoms with van der Waals surface area (Å²) in [7, 11) is 0. The molecule has 0 atom stereocenters. The molecule has 0 spiro atoms.